The molecular weight excluding hydrogens is 443 g/mol. The Bertz CT molecular complexity index is 1330. The van der Waals surface area contributed by atoms with E-state index in [2.05, 4.69) is 5.32 Å². The van der Waals surface area contributed by atoms with Gasteiger partial charge in [-0.3, -0.25) is 4.90 Å². The second-order valence-corrected chi connectivity index (χ2v) is 9.21. The molecule has 2 aromatic carbocycles. The first-order valence-corrected chi connectivity index (χ1v) is 11.0. The molecule has 2 aromatic rings. The van der Waals surface area contributed by atoms with Gasteiger partial charge in [-0.2, -0.15) is 23.7 Å². The summed E-state index contributed by atoms with van der Waals surface area (Å²) in [6, 6.07) is 10.2. The second kappa shape index (κ2) is 8.02. The van der Waals surface area contributed by atoms with Gasteiger partial charge in [0.15, 0.2) is 0 Å². The molecule has 1 heterocycles. The van der Waals surface area contributed by atoms with Gasteiger partial charge >= 0.3 is 12.2 Å². The highest BCUT2D eigenvalue weighted by molar-refractivity contribution is 7.91. The number of carbonyl (C=O) groups is 1. The van der Waals surface area contributed by atoms with Crippen molar-refractivity contribution in [3.8, 4) is 12.1 Å². The maximum atomic E-state index is 13.1. The number of alkyl halides is 3. The predicted octanol–water partition coefficient (Wildman–Crippen LogP) is 4.68. The van der Waals surface area contributed by atoms with E-state index in [1.165, 1.54) is 31.2 Å². The monoisotopic (exact) mass is 459 g/mol. The summed E-state index contributed by atoms with van der Waals surface area (Å²) in [5.41, 5.74) is -0.608. The van der Waals surface area contributed by atoms with E-state index in [9.17, 15) is 27.4 Å². The molecule has 0 unspecified atom stereocenters. The van der Waals surface area contributed by atoms with Gasteiger partial charge in [-0.25, -0.2) is 13.8 Å². The minimum absolute atomic E-state index is 0.00313. The van der Waals surface area contributed by atoms with Crippen molar-refractivity contribution in [3.63, 3.8) is 0 Å². The number of halogens is 3. The molecule has 164 valence electrons. The Morgan fingerprint density at radius 1 is 1.16 bits per heavy atom. The SMILES string of the molecule is CC1=C(C#N)[C@@H](c2ccc(C#N)cc2[S@](C)(=N)=O)NC(=O)N1c1cccc(C(F)(F)F)c1. The average Bonchev–Trinajstić information content (AvgIpc) is 2.72. The molecule has 3 rings (SSSR count). The van der Waals surface area contributed by atoms with Gasteiger partial charge < -0.3 is 5.32 Å². The predicted molar refractivity (Wildman–Crippen MR) is 110 cm³/mol. The summed E-state index contributed by atoms with van der Waals surface area (Å²) < 4.78 is 59.9. The first-order chi connectivity index (χ1) is 14.9. The molecule has 2 amide bonds. The molecule has 11 heteroatoms. The van der Waals surface area contributed by atoms with Crippen LogP contribution < -0.4 is 10.2 Å². The fraction of sp³-hybridized carbons (Fsp3) is 0.190. The van der Waals surface area contributed by atoms with Crippen LogP contribution in [0.3, 0.4) is 0 Å². The van der Waals surface area contributed by atoms with Crippen molar-refractivity contribution < 1.29 is 22.2 Å². The highest BCUT2D eigenvalue weighted by Gasteiger charge is 2.36. The lowest BCUT2D eigenvalue weighted by atomic mass is 9.94. The van der Waals surface area contributed by atoms with Crippen LogP contribution in [0.25, 0.3) is 0 Å². The molecule has 1 aliphatic heterocycles. The summed E-state index contributed by atoms with van der Waals surface area (Å²) in [6.45, 7) is 1.41. The second-order valence-electron chi connectivity index (χ2n) is 7.08. The molecule has 0 bridgehead atoms. The Labute approximate surface area is 182 Å². The molecule has 0 saturated carbocycles. The summed E-state index contributed by atoms with van der Waals surface area (Å²) in [4.78, 5) is 13.9. The van der Waals surface area contributed by atoms with Gasteiger partial charge in [0.2, 0.25) is 0 Å². The molecule has 7 nitrogen and oxygen atoms in total. The van der Waals surface area contributed by atoms with Gasteiger partial charge in [-0.1, -0.05) is 12.1 Å². The Morgan fingerprint density at radius 2 is 1.84 bits per heavy atom. The van der Waals surface area contributed by atoms with Crippen LogP contribution in [0.15, 0.2) is 58.6 Å². The fourth-order valence-electron chi connectivity index (χ4n) is 3.43. The number of nitrogens with one attached hydrogen (secondary N) is 2. The Morgan fingerprint density at radius 3 is 2.41 bits per heavy atom. The lowest BCUT2D eigenvalue weighted by Gasteiger charge is -2.34. The lowest BCUT2D eigenvalue weighted by Crippen LogP contribution is -2.46. The molecule has 0 saturated heterocycles. The third-order valence-electron chi connectivity index (χ3n) is 4.91. The van der Waals surface area contributed by atoms with Crippen LogP contribution >= 0.6 is 0 Å². The zero-order valence-corrected chi connectivity index (χ0v) is 17.6. The van der Waals surface area contributed by atoms with Crippen molar-refractivity contribution in [2.45, 2.75) is 24.0 Å². The van der Waals surface area contributed by atoms with E-state index < -0.39 is 33.5 Å². The van der Waals surface area contributed by atoms with E-state index in [4.69, 9.17) is 10.0 Å². The number of allylic oxidation sites excluding steroid dienone is 1. The fourth-order valence-corrected chi connectivity index (χ4v) is 4.42. The number of anilines is 1. The average molecular weight is 459 g/mol. The highest BCUT2D eigenvalue weighted by atomic mass is 32.2. The molecule has 0 radical (unpaired) electrons. The van der Waals surface area contributed by atoms with Crippen LogP contribution in [-0.2, 0) is 15.9 Å². The summed E-state index contributed by atoms with van der Waals surface area (Å²) >= 11 is 0. The van der Waals surface area contributed by atoms with Crippen molar-refractivity contribution in [1.29, 1.82) is 15.3 Å². The number of nitrogens with zero attached hydrogens (tertiary/aromatic N) is 3. The number of hydrogen-bond donors (Lipinski definition) is 2. The molecule has 0 aliphatic carbocycles. The zero-order valence-electron chi connectivity index (χ0n) is 16.8. The Kier molecular flexibility index (Phi) is 5.73. The first-order valence-electron chi connectivity index (χ1n) is 9.05. The summed E-state index contributed by atoms with van der Waals surface area (Å²) in [7, 11) is -3.34. The smallest absolute Gasteiger partial charge is 0.326 e. The molecule has 0 aromatic heterocycles. The number of amides is 2. The van der Waals surface area contributed by atoms with Crippen LogP contribution in [0, 0.1) is 27.4 Å². The van der Waals surface area contributed by atoms with Gasteiger partial charge in [-0.05, 0) is 42.8 Å². The van der Waals surface area contributed by atoms with E-state index in [1.807, 2.05) is 12.1 Å². The molecular formula is C21H16F3N5O2S. The number of nitriles is 2. The van der Waals surface area contributed by atoms with E-state index in [0.717, 1.165) is 29.4 Å². The van der Waals surface area contributed by atoms with E-state index >= 15 is 0 Å². The minimum atomic E-state index is -4.62. The topological polar surface area (TPSA) is 121 Å². The van der Waals surface area contributed by atoms with E-state index in [-0.39, 0.29) is 33.0 Å². The molecule has 2 N–H and O–H groups in total. The summed E-state index contributed by atoms with van der Waals surface area (Å²) in [6.07, 6.45) is -3.47. The van der Waals surface area contributed by atoms with Gasteiger partial charge in [0.25, 0.3) is 0 Å². The van der Waals surface area contributed by atoms with Crippen molar-refractivity contribution in [2.75, 3.05) is 11.2 Å². The standard InChI is InChI=1S/C21H16F3N5O2S/c1-12-17(11-26)19(16-7-6-13(10-25)8-18(16)32(2,27)31)28-20(30)29(12)15-5-3-4-14(9-15)21(22,23)24/h3-9,19,27H,1-2H3,(H,28,30)/t19-,32-/m1/s1. The van der Waals surface area contributed by atoms with Gasteiger partial charge in [0.05, 0.1) is 55.2 Å². The molecule has 0 fully saturated rings. The number of carbonyl (C=O) groups excluding carboxylic acids is 1. The van der Waals surface area contributed by atoms with Crippen LogP contribution in [0.2, 0.25) is 0 Å². The maximum Gasteiger partial charge on any atom is 0.416 e. The van der Waals surface area contributed by atoms with E-state index in [0.29, 0.717) is 0 Å². The van der Waals surface area contributed by atoms with Crippen LogP contribution in [0.4, 0.5) is 23.7 Å². The Hall–Kier alpha value is -3.83. The normalized spacial score (nSPS) is 18.4. The van der Waals surface area contributed by atoms with Gasteiger partial charge in [0, 0.05) is 12.0 Å². The maximum absolute atomic E-state index is 13.1. The number of benzene rings is 2. The quantitative estimate of drug-likeness (QED) is 0.692. The van der Waals surface area contributed by atoms with Crippen molar-refractivity contribution in [2.24, 2.45) is 0 Å². The van der Waals surface area contributed by atoms with Crippen LogP contribution in [-0.4, -0.2) is 16.5 Å². The van der Waals surface area contributed by atoms with Crippen LogP contribution in [0.5, 0.6) is 0 Å². The third-order valence-corrected chi connectivity index (χ3v) is 6.10. The van der Waals surface area contributed by atoms with Crippen molar-refractivity contribution >= 4 is 21.4 Å². The third kappa shape index (κ3) is 4.15. The zero-order chi connectivity index (χ0) is 23.8. The minimum Gasteiger partial charge on any atom is -0.326 e. The Balaban J connectivity index is 2.19. The van der Waals surface area contributed by atoms with Crippen molar-refractivity contribution in [3.05, 3.63) is 70.4 Å². The molecule has 2 atom stereocenters. The highest BCUT2D eigenvalue weighted by Crippen LogP contribution is 2.37. The van der Waals surface area contributed by atoms with Crippen molar-refractivity contribution in [1.82, 2.24) is 5.32 Å². The summed E-state index contributed by atoms with van der Waals surface area (Å²) in [5.74, 6) is 0. The lowest BCUT2D eigenvalue weighted by molar-refractivity contribution is -0.137. The largest absolute Gasteiger partial charge is 0.416 e. The number of hydrogen-bond acceptors (Lipinski definition) is 5. The number of urea groups is 1. The van der Waals surface area contributed by atoms with Gasteiger partial charge in [-0.15, -0.1) is 0 Å². The van der Waals surface area contributed by atoms with Gasteiger partial charge in [0.1, 0.15) is 0 Å². The first kappa shape index (κ1) is 22.8. The summed E-state index contributed by atoms with van der Waals surface area (Å²) in [5, 5.41) is 21.5. The van der Waals surface area contributed by atoms with Crippen LogP contribution in [0.1, 0.15) is 29.7 Å². The molecule has 1 aliphatic rings. The number of rotatable bonds is 3. The molecule has 32 heavy (non-hydrogen) atoms. The van der Waals surface area contributed by atoms with E-state index in [1.54, 1.807) is 0 Å². The molecule has 0 spiro atoms.